The van der Waals surface area contributed by atoms with Crippen LogP contribution in [0, 0.1) is 17.7 Å². The van der Waals surface area contributed by atoms with Gasteiger partial charge in [0, 0.05) is 5.56 Å². The first-order chi connectivity index (χ1) is 18.0. The number of hydrogen-bond acceptors (Lipinski definition) is 5. The molecule has 0 saturated carbocycles. The number of Topliss-reactive ketones (excluding diaryl/α,β-unsaturated/α-hetero) is 1. The molecule has 0 aliphatic carbocycles. The Kier molecular flexibility index (Phi) is 4.63. The van der Waals surface area contributed by atoms with E-state index in [9.17, 15) is 18.8 Å². The fraction of sp³-hybridized carbons (Fsp3) is 0.133. The van der Waals surface area contributed by atoms with Crippen molar-refractivity contribution in [3.8, 4) is 0 Å². The summed E-state index contributed by atoms with van der Waals surface area (Å²) in [6.07, 6.45) is 1.66. The van der Waals surface area contributed by atoms with Gasteiger partial charge in [0.05, 0.1) is 29.8 Å². The van der Waals surface area contributed by atoms with E-state index >= 15 is 0 Å². The molecule has 0 N–H and O–H groups in total. The van der Waals surface area contributed by atoms with Crippen molar-refractivity contribution in [1.82, 2.24) is 5.01 Å². The maximum atomic E-state index is 14.0. The molecule has 2 fully saturated rings. The lowest BCUT2D eigenvalue weighted by Gasteiger charge is -2.33. The summed E-state index contributed by atoms with van der Waals surface area (Å²) in [5.41, 5.74) is 2.45. The number of halogens is 1. The smallest absolute Gasteiger partial charge is 0.240 e. The van der Waals surface area contributed by atoms with Crippen LogP contribution >= 0.6 is 0 Å². The van der Waals surface area contributed by atoms with Gasteiger partial charge in [-0.3, -0.25) is 19.4 Å². The minimum Gasteiger partial charge on any atom is -0.292 e. The second-order valence-electron chi connectivity index (χ2n) is 9.61. The van der Waals surface area contributed by atoms with Crippen molar-refractivity contribution in [2.24, 2.45) is 16.9 Å². The number of ketones is 1. The number of anilines is 1. The van der Waals surface area contributed by atoms with Gasteiger partial charge in [-0.2, -0.15) is 5.10 Å². The maximum absolute atomic E-state index is 14.0. The molecule has 6 nitrogen and oxygen atoms in total. The van der Waals surface area contributed by atoms with Crippen LogP contribution in [0.25, 0.3) is 10.8 Å². The summed E-state index contributed by atoms with van der Waals surface area (Å²) in [6, 6.07) is 24.5. The van der Waals surface area contributed by atoms with Crippen molar-refractivity contribution in [3.05, 3.63) is 114 Å². The molecule has 4 aromatic rings. The van der Waals surface area contributed by atoms with Crippen molar-refractivity contribution >= 4 is 40.3 Å². The number of hydrogen-bond donors (Lipinski definition) is 0. The van der Waals surface area contributed by atoms with E-state index in [0.717, 1.165) is 21.9 Å². The Bertz CT molecular complexity index is 1650. The molecular formula is C30H20FN3O3. The lowest BCUT2D eigenvalue weighted by Crippen LogP contribution is -2.44. The third-order valence-electron chi connectivity index (χ3n) is 7.68. The van der Waals surface area contributed by atoms with Crippen LogP contribution in [0.2, 0.25) is 0 Å². The summed E-state index contributed by atoms with van der Waals surface area (Å²) < 4.78 is 13.6. The highest BCUT2D eigenvalue weighted by molar-refractivity contribution is 6.25. The Labute approximate surface area is 211 Å². The van der Waals surface area contributed by atoms with E-state index in [-0.39, 0.29) is 17.3 Å². The predicted molar refractivity (Wildman–Crippen MR) is 137 cm³/mol. The third-order valence-corrected chi connectivity index (χ3v) is 7.68. The van der Waals surface area contributed by atoms with Crippen molar-refractivity contribution in [2.75, 3.05) is 4.90 Å². The Morgan fingerprint density at radius 1 is 0.784 bits per heavy atom. The standard InChI is InChI=1S/C30H20FN3O3/c31-21-12-9-18(10-13-21)28(35)27-25-24(26-23-8-4-3-7-20(23)16-32-34(26)27)29(36)33(30(25)37)22-14-11-17-5-1-2-6-19(17)15-22/h1-16,24-27H. The first-order valence-corrected chi connectivity index (χ1v) is 12.1. The SMILES string of the molecule is O=C(c1ccc(F)cc1)C1C2C(=O)N(c3ccc4ccccc4c3)C(=O)C2C2c3ccccc3C=NN12. The van der Waals surface area contributed by atoms with Gasteiger partial charge in [-0.25, -0.2) is 9.29 Å². The van der Waals surface area contributed by atoms with Crippen molar-refractivity contribution < 1.29 is 18.8 Å². The van der Waals surface area contributed by atoms with E-state index in [1.165, 1.54) is 29.2 Å². The van der Waals surface area contributed by atoms with Gasteiger partial charge in [-0.05, 0) is 58.3 Å². The van der Waals surface area contributed by atoms with Gasteiger partial charge in [-0.1, -0.05) is 54.6 Å². The van der Waals surface area contributed by atoms with Crippen LogP contribution in [0.5, 0.6) is 0 Å². The molecule has 4 aromatic carbocycles. The fourth-order valence-corrected chi connectivity index (χ4v) is 6.02. The van der Waals surface area contributed by atoms with Gasteiger partial charge < -0.3 is 0 Å². The molecule has 0 aromatic heterocycles. The van der Waals surface area contributed by atoms with Gasteiger partial charge in [-0.15, -0.1) is 0 Å². The molecule has 4 unspecified atom stereocenters. The van der Waals surface area contributed by atoms with Crippen molar-refractivity contribution in [2.45, 2.75) is 12.1 Å². The highest BCUT2D eigenvalue weighted by atomic mass is 19.1. The molecule has 7 heteroatoms. The van der Waals surface area contributed by atoms with Gasteiger partial charge in [0.2, 0.25) is 11.8 Å². The van der Waals surface area contributed by atoms with E-state index in [1.807, 2.05) is 60.7 Å². The summed E-state index contributed by atoms with van der Waals surface area (Å²) in [4.78, 5) is 43.1. The van der Waals surface area contributed by atoms with Crippen LogP contribution in [0.15, 0.2) is 96.1 Å². The van der Waals surface area contributed by atoms with Crippen molar-refractivity contribution in [1.29, 1.82) is 0 Å². The zero-order valence-corrected chi connectivity index (χ0v) is 19.5. The number of hydrazone groups is 1. The van der Waals surface area contributed by atoms with Crippen LogP contribution in [0.1, 0.15) is 27.5 Å². The van der Waals surface area contributed by atoms with Crippen LogP contribution in [0.4, 0.5) is 10.1 Å². The predicted octanol–water partition coefficient (Wildman–Crippen LogP) is 4.74. The molecule has 3 heterocycles. The largest absolute Gasteiger partial charge is 0.292 e. The van der Waals surface area contributed by atoms with E-state index in [0.29, 0.717) is 5.69 Å². The molecule has 37 heavy (non-hydrogen) atoms. The average molecular weight is 490 g/mol. The van der Waals surface area contributed by atoms with E-state index in [4.69, 9.17) is 0 Å². The number of carbonyl (C=O) groups excluding carboxylic acids is 3. The second kappa shape index (κ2) is 7.93. The molecule has 3 aliphatic rings. The highest BCUT2D eigenvalue weighted by Gasteiger charge is 2.65. The van der Waals surface area contributed by atoms with Gasteiger partial charge in [0.25, 0.3) is 0 Å². The maximum Gasteiger partial charge on any atom is 0.240 e. The molecule has 4 atom stereocenters. The lowest BCUT2D eigenvalue weighted by atomic mass is 9.83. The van der Waals surface area contributed by atoms with Crippen LogP contribution < -0.4 is 4.90 Å². The molecular weight excluding hydrogens is 469 g/mol. The normalized spacial score (nSPS) is 23.8. The first kappa shape index (κ1) is 21.6. The molecule has 0 radical (unpaired) electrons. The monoisotopic (exact) mass is 489 g/mol. The number of nitrogens with zero attached hydrogens (tertiary/aromatic N) is 3. The van der Waals surface area contributed by atoms with Gasteiger partial charge in [0.15, 0.2) is 5.78 Å². The second-order valence-corrected chi connectivity index (χ2v) is 9.61. The summed E-state index contributed by atoms with van der Waals surface area (Å²) in [5, 5.41) is 8.07. The third kappa shape index (κ3) is 3.10. The molecule has 0 bridgehead atoms. The number of amides is 2. The average Bonchev–Trinajstić information content (AvgIpc) is 3.40. The number of rotatable bonds is 3. The van der Waals surface area contributed by atoms with Crippen LogP contribution in [-0.2, 0) is 9.59 Å². The quantitative estimate of drug-likeness (QED) is 0.308. The summed E-state index contributed by atoms with van der Waals surface area (Å²) in [6.45, 7) is 0. The van der Waals surface area contributed by atoms with Crippen LogP contribution in [-0.4, -0.2) is 34.9 Å². The zero-order valence-electron chi connectivity index (χ0n) is 19.5. The Balaban J connectivity index is 1.37. The number of imide groups is 1. The number of carbonyl (C=O) groups is 3. The minimum absolute atomic E-state index is 0.268. The molecule has 3 aliphatic heterocycles. The van der Waals surface area contributed by atoms with Gasteiger partial charge >= 0.3 is 0 Å². The highest BCUT2D eigenvalue weighted by Crippen LogP contribution is 2.53. The fourth-order valence-electron chi connectivity index (χ4n) is 6.02. The molecule has 7 rings (SSSR count). The minimum atomic E-state index is -0.994. The topological polar surface area (TPSA) is 70.0 Å². The van der Waals surface area contributed by atoms with E-state index < -0.39 is 35.6 Å². The molecule has 2 amide bonds. The first-order valence-electron chi connectivity index (χ1n) is 12.1. The zero-order chi connectivity index (χ0) is 25.3. The Morgan fingerprint density at radius 3 is 2.30 bits per heavy atom. The molecule has 0 spiro atoms. The van der Waals surface area contributed by atoms with Crippen LogP contribution in [0.3, 0.4) is 0 Å². The van der Waals surface area contributed by atoms with Crippen molar-refractivity contribution in [3.63, 3.8) is 0 Å². The number of benzene rings is 4. The lowest BCUT2D eigenvalue weighted by molar-refractivity contribution is -0.124. The summed E-state index contributed by atoms with van der Waals surface area (Å²) >= 11 is 0. The molecule has 180 valence electrons. The Morgan fingerprint density at radius 2 is 1.49 bits per heavy atom. The summed E-state index contributed by atoms with van der Waals surface area (Å²) in [5.74, 6) is -3.31. The summed E-state index contributed by atoms with van der Waals surface area (Å²) in [7, 11) is 0. The molecule has 2 saturated heterocycles. The van der Waals surface area contributed by atoms with Gasteiger partial charge in [0.1, 0.15) is 11.9 Å². The number of fused-ring (bicyclic) bond motifs is 6. The van der Waals surface area contributed by atoms with E-state index in [2.05, 4.69) is 5.10 Å². The van der Waals surface area contributed by atoms with E-state index in [1.54, 1.807) is 17.3 Å². The Hall–Kier alpha value is -4.65.